The number of carbonyl (C=O) groups is 1. The van der Waals surface area contributed by atoms with Crippen molar-refractivity contribution >= 4 is 34.1 Å². The number of benzene rings is 2. The Morgan fingerprint density at radius 3 is 2.78 bits per heavy atom. The molecule has 0 unspecified atom stereocenters. The lowest BCUT2D eigenvalue weighted by Gasteiger charge is -2.07. The van der Waals surface area contributed by atoms with Crippen molar-refractivity contribution in [3.63, 3.8) is 0 Å². The van der Waals surface area contributed by atoms with Gasteiger partial charge in [-0.15, -0.1) is 10.2 Å². The maximum Gasteiger partial charge on any atom is 0.261 e. The highest BCUT2D eigenvalue weighted by Crippen LogP contribution is 2.29. The molecular weight excluding hydrogens is 387 g/mol. The number of aromatic nitrogens is 2. The Bertz CT molecular complexity index is 999. The van der Waals surface area contributed by atoms with E-state index in [-0.39, 0.29) is 11.3 Å². The van der Waals surface area contributed by atoms with Gasteiger partial charge in [-0.05, 0) is 35.9 Å². The first-order valence-electron chi connectivity index (χ1n) is 7.69. The molecule has 0 aliphatic rings. The molecule has 1 heterocycles. The third kappa shape index (κ3) is 4.81. The summed E-state index contributed by atoms with van der Waals surface area (Å²) in [5.41, 5.74) is 1.74. The van der Waals surface area contributed by atoms with Crippen LogP contribution in [0.2, 0.25) is 0 Å². The van der Waals surface area contributed by atoms with Crippen LogP contribution in [0, 0.1) is 17.1 Å². The van der Waals surface area contributed by atoms with E-state index < -0.39 is 11.7 Å². The first kappa shape index (κ1) is 18.8. The van der Waals surface area contributed by atoms with Crippen LogP contribution in [-0.2, 0) is 5.75 Å². The van der Waals surface area contributed by atoms with Crippen molar-refractivity contribution in [3.8, 4) is 11.8 Å². The van der Waals surface area contributed by atoms with Gasteiger partial charge in [-0.25, -0.2) is 4.39 Å². The fourth-order valence-electron chi connectivity index (χ4n) is 2.16. The molecule has 9 heteroatoms. The van der Waals surface area contributed by atoms with E-state index in [0.29, 0.717) is 20.8 Å². The summed E-state index contributed by atoms with van der Waals surface area (Å²) in [5.74, 6) is -0.122. The van der Waals surface area contributed by atoms with Crippen LogP contribution in [0.1, 0.15) is 21.5 Å². The molecule has 0 atom stereocenters. The van der Waals surface area contributed by atoms with E-state index in [2.05, 4.69) is 21.6 Å². The van der Waals surface area contributed by atoms with E-state index in [9.17, 15) is 9.18 Å². The minimum Gasteiger partial charge on any atom is -0.496 e. The van der Waals surface area contributed by atoms with Gasteiger partial charge in [-0.2, -0.15) is 5.26 Å². The zero-order valence-electron chi connectivity index (χ0n) is 14.1. The smallest absolute Gasteiger partial charge is 0.261 e. The SMILES string of the molecule is COc1ccc(F)cc1C(=O)Nc1nnc(SCc2ccc(C#N)cc2)s1. The van der Waals surface area contributed by atoms with Gasteiger partial charge >= 0.3 is 0 Å². The second-order valence-corrected chi connectivity index (χ2v) is 7.47. The highest BCUT2D eigenvalue weighted by Gasteiger charge is 2.16. The van der Waals surface area contributed by atoms with Gasteiger partial charge in [0.05, 0.1) is 24.3 Å². The minimum atomic E-state index is -0.531. The summed E-state index contributed by atoms with van der Waals surface area (Å²) in [6, 6.07) is 13.1. The summed E-state index contributed by atoms with van der Waals surface area (Å²) >= 11 is 2.69. The number of nitrogens with one attached hydrogen (secondary N) is 1. The van der Waals surface area contributed by atoms with Crippen molar-refractivity contribution in [2.24, 2.45) is 0 Å². The van der Waals surface area contributed by atoms with Crippen LogP contribution < -0.4 is 10.1 Å². The van der Waals surface area contributed by atoms with Gasteiger partial charge in [-0.3, -0.25) is 10.1 Å². The second kappa shape index (κ2) is 8.62. The van der Waals surface area contributed by atoms with Gasteiger partial charge in [0, 0.05) is 5.75 Å². The quantitative estimate of drug-likeness (QED) is 0.495. The Morgan fingerprint density at radius 2 is 2.07 bits per heavy atom. The zero-order valence-corrected chi connectivity index (χ0v) is 15.7. The van der Waals surface area contributed by atoms with Crippen molar-refractivity contribution in [1.82, 2.24) is 10.2 Å². The van der Waals surface area contributed by atoms with E-state index >= 15 is 0 Å². The van der Waals surface area contributed by atoms with Crippen LogP contribution in [-0.4, -0.2) is 23.2 Å². The Kier molecular flexibility index (Phi) is 6.01. The number of carbonyl (C=O) groups excluding carboxylic acids is 1. The highest BCUT2D eigenvalue weighted by molar-refractivity contribution is 8.00. The van der Waals surface area contributed by atoms with Gasteiger partial charge in [-0.1, -0.05) is 35.2 Å². The minimum absolute atomic E-state index is 0.0829. The van der Waals surface area contributed by atoms with Crippen LogP contribution in [0.3, 0.4) is 0 Å². The Morgan fingerprint density at radius 1 is 1.30 bits per heavy atom. The predicted molar refractivity (Wildman–Crippen MR) is 102 cm³/mol. The number of hydrogen-bond donors (Lipinski definition) is 1. The molecule has 0 spiro atoms. The Labute approximate surface area is 163 Å². The standard InChI is InChI=1S/C18H13FN4O2S2/c1-25-15-7-6-13(19)8-14(15)16(24)21-17-22-23-18(27-17)26-10-12-4-2-11(9-20)3-5-12/h2-8H,10H2,1H3,(H,21,22,24). The number of nitrogens with zero attached hydrogens (tertiary/aromatic N) is 3. The zero-order chi connectivity index (χ0) is 19.2. The van der Waals surface area contributed by atoms with Crippen LogP contribution in [0.5, 0.6) is 5.75 Å². The molecule has 6 nitrogen and oxygen atoms in total. The van der Waals surface area contributed by atoms with Crippen LogP contribution in [0.4, 0.5) is 9.52 Å². The number of hydrogen-bond acceptors (Lipinski definition) is 7. The number of nitriles is 1. The monoisotopic (exact) mass is 400 g/mol. The van der Waals surface area contributed by atoms with Gasteiger partial charge in [0.15, 0.2) is 4.34 Å². The molecule has 0 saturated heterocycles. The van der Waals surface area contributed by atoms with Crippen LogP contribution in [0.25, 0.3) is 0 Å². The summed E-state index contributed by atoms with van der Waals surface area (Å²) < 4.78 is 19.2. The van der Waals surface area contributed by atoms with Gasteiger partial charge in [0.2, 0.25) is 5.13 Å². The maximum absolute atomic E-state index is 13.4. The summed E-state index contributed by atoms with van der Waals surface area (Å²) in [4.78, 5) is 12.3. The number of halogens is 1. The second-order valence-electron chi connectivity index (χ2n) is 5.27. The Hall–Kier alpha value is -2.96. The van der Waals surface area contributed by atoms with Crippen molar-refractivity contribution < 1.29 is 13.9 Å². The van der Waals surface area contributed by atoms with E-state index in [4.69, 9.17) is 10.00 Å². The third-order valence-electron chi connectivity index (χ3n) is 3.48. The molecule has 0 radical (unpaired) electrons. The number of ether oxygens (including phenoxy) is 1. The molecule has 0 aliphatic heterocycles. The fraction of sp³-hybridized carbons (Fsp3) is 0.111. The van der Waals surface area contributed by atoms with Crippen molar-refractivity contribution in [2.45, 2.75) is 10.1 Å². The van der Waals surface area contributed by atoms with Gasteiger partial charge < -0.3 is 4.74 Å². The molecule has 0 bridgehead atoms. The largest absolute Gasteiger partial charge is 0.496 e. The molecule has 1 amide bonds. The average molecular weight is 400 g/mol. The number of methoxy groups -OCH3 is 1. The fourth-order valence-corrected chi connectivity index (χ4v) is 3.86. The number of anilines is 1. The van der Waals surface area contributed by atoms with Gasteiger partial charge in [0.1, 0.15) is 11.6 Å². The third-order valence-corrected chi connectivity index (χ3v) is 5.52. The molecule has 136 valence electrons. The van der Waals surface area contributed by atoms with Crippen molar-refractivity contribution in [3.05, 3.63) is 65.0 Å². The molecule has 27 heavy (non-hydrogen) atoms. The lowest BCUT2D eigenvalue weighted by molar-refractivity contribution is 0.102. The van der Waals surface area contributed by atoms with Crippen molar-refractivity contribution in [2.75, 3.05) is 12.4 Å². The number of amides is 1. The van der Waals surface area contributed by atoms with E-state index in [0.717, 1.165) is 11.6 Å². The molecule has 2 aromatic carbocycles. The lowest BCUT2D eigenvalue weighted by atomic mass is 10.2. The van der Waals surface area contributed by atoms with E-state index in [1.165, 1.54) is 42.3 Å². The highest BCUT2D eigenvalue weighted by atomic mass is 32.2. The average Bonchev–Trinajstić information content (AvgIpc) is 3.14. The topological polar surface area (TPSA) is 87.9 Å². The molecule has 3 rings (SSSR count). The summed E-state index contributed by atoms with van der Waals surface area (Å²) in [7, 11) is 1.41. The molecule has 0 saturated carbocycles. The summed E-state index contributed by atoms with van der Waals surface area (Å²) in [6.45, 7) is 0. The number of rotatable bonds is 6. The number of thioether (sulfide) groups is 1. The van der Waals surface area contributed by atoms with Crippen LogP contribution in [0.15, 0.2) is 46.8 Å². The first-order chi connectivity index (χ1) is 13.1. The summed E-state index contributed by atoms with van der Waals surface area (Å²) in [5, 5.41) is 19.7. The molecule has 0 fully saturated rings. The van der Waals surface area contributed by atoms with Crippen LogP contribution >= 0.6 is 23.1 Å². The van der Waals surface area contributed by atoms with Crippen molar-refractivity contribution in [1.29, 1.82) is 5.26 Å². The molecule has 1 aromatic heterocycles. The summed E-state index contributed by atoms with van der Waals surface area (Å²) in [6.07, 6.45) is 0. The first-order valence-corrected chi connectivity index (χ1v) is 9.49. The molecule has 0 aliphatic carbocycles. The normalized spacial score (nSPS) is 10.3. The molecule has 1 N–H and O–H groups in total. The van der Waals surface area contributed by atoms with E-state index in [1.807, 2.05) is 12.1 Å². The predicted octanol–water partition coefficient (Wildman–Crippen LogP) is 4.10. The molecule has 3 aromatic rings. The maximum atomic E-state index is 13.4. The Balaban J connectivity index is 1.63. The molecular formula is C18H13FN4O2S2. The lowest BCUT2D eigenvalue weighted by Crippen LogP contribution is -2.13. The van der Waals surface area contributed by atoms with E-state index in [1.54, 1.807) is 12.1 Å². The van der Waals surface area contributed by atoms with Gasteiger partial charge in [0.25, 0.3) is 5.91 Å².